The van der Waals surface area contributed by atoms with Gasteiger partial charge in [0.25, 0.3) is 5.91 Å². The number of nitrogens with one attached hydrogen (secondary N) is 1. The molecule has 2 heterocycles. The standard InChI is InChI=1S/C19H23N3O4S/c1-19(2,16-7-9-20-10-8-16)21-18(23)15-3-5-17(6-4-15)27(24,25)22-11-13-26-14-12-22/h3-10H,11-14H2,1-2H3,(H,21,23). The van der Waals surface area contributed by atoms with Crippen LogP contribution in [0.3, 0.4) is 0 Å². The van der Waals surface area contributed by atoms with Crippen LogP contribution in [-0.4, -0.2) is 49.9 Å². The minimum atomic E-state index is -3.57. The number of sulfonamides is 1. The molecule has 0 aliphatic carbocycles. The van der Waals surface area contributed by atoms with Gasteiger partial charge in [-0.15, -0.1) is 0 Å². The predicted octanol–water partition coefficient (Wildman–Crippen LogP) is 1.77. The van der Waals surface area contributed by atoms with Gasteiger partial charge in [0.05, 0.1) is 23.6 Å². The molecule has 0 spiro atoms. The van der Waals surface area contributed by atoms with E-state index in [-0.39, 0.29) is 10.8 Å². The minimum absolute atomic E-state index is 0.175. The number of carbonyl (C=O) groups excluding carboxylic acids is 1. The topological polar surface area (TPSA) is 88.6 Å². The second-order valence-corrected chi connectivity index (χ2v) is 8.79. The normalized spacial score (nSPS) is 16.1. The molecule has 0 radical (unpaired) electrons. The summed E-state index contributed by atoms with van der Waals surface area (Å²) in [6.45, 7) is 5.26. The molecule has 0 unspecified atom stereocenters. The number of benzene rings is 1. The molecule has 8 heteroatoms. The molecule has 27 heavy (non-hydrogen) atoms. The zero-order valence-electron chi connectivity index (χ0n) is 15.4. The number of morpholine rings is 1. The fourth-order valence-electron chi connectivity index (χ4n) is 2.91. The highest BCUT2D eigenvalue weighted by molar-refractivity contribution is 7.89. The first-order chi connectivity index (χ1) is 12.8. The Hall–Kier alpha value is -2.29. The third-order valence-corrected chi connectivity index (χ3v) is 6.47. The van der Waals surface area contributed by atoms with Crippen LogP contribution in [0.15, 0.2) is 53.7 Å². The largest absolute Gasteiger partial charge is 0.379 e. The van der Waals surface area contributed by atoms with Crippen molar-refractivity contribution in [1.29, 1.82) is 0 Å². The zero-order chi connectivity index (χ0) is 19.5. The van der Waals surface area contributed by atoms with Gasteiger partial charge in [-0.1, -0.05) is 0 Å². The molecule has 0 saturated carbocycles. The van der Waals surface area contributed by atoms with Gasteiger partial charge in [-0.25, -0.2) is 8.42 Å². The maximum atomic E-state index is 12.6. The molecule has 144 valence electrons. The highest BCUT2D eigenvalue weighted by Gasteiger charge is 2.27. The predicted molar refractivity (Wildman–Crippen MR) is 101 cm³/mol. The van der Waals surface area contributed by atoms with Crippen molar-refractivity contribution >= 4 is 15.9 Å². The fourth-order valence-corrected chi connectivity index (χ4v) is 4.32. The molecule has 1 fully saturated rings. The lowest BCUT2D eigenvalue weighted by atomic mass is 9.95. The molecule has 1 amide bonds. The first-order valence-corrected chi connectivity index (χ1v) is 10.2. The van der Waals surface area contributed by atoms with E-state index in [9.17, 15) is 13.2 Å². The number of hydrogen-bond acceptors (Lipinski definition) is 5. The number of carbonyl (C=O) groups is 1. The Bertz CT molecular complexity index is 890. The van der Waals surface area contributed by atoms with Gasteiger partial charge in [-0.05, 0) is 55.8 Å². The molecule has 1 aliphatic rings. The van der Waals surface area contributed by atoms with Crippen molar-refractivity contribution in [2.75, 3.05) is 26.3 Å². The highest BCUT2D eigenvalue weighted by Crippen LogP contribution is 2.21. The van der Waals surface area contributed by atoms with Crippen molar-refractivity contribution in [2.45, 2.75) is 24.3 Å². The number of hydrogen-bond donors (Lipinski definition) is 1. The van der Waals surface area contributed by atoms with Crippen LogP contribution in [-0.2, 0) is 20.3 Å². The Balaban J connectivity index is 1.74. The summed E-state index contributed by atoms with van der Waals surface area (Å²) in [5.41, 5.74) is 0.744. The summed E-state index contributed by atoms with van der Waals surface area (Å²) in [5, 5.41) is 2.97. The molecule has 1 saturated heterocycles. The smallest absolute Gasteiger partial charge is 0.251 e. The second-order valence-electron chi connectivity index (χ2n) is 6.86. The van der Waals surface area contributed by atoms with Gasteiger partial charge < -0.3 is 10.1 Å². The Morgan fingerprint density at radius 3 is 2.26 bits per heavy atom. The third-order valence-electron chi connectivity index (χ3n) is 4.55. The van der Waals surface area contributed by atoms with Crippen LogP contribution in [0.2, 0.25) is 0 Å². The molecule has 0 atom stereocenters. The van der Waals surface area contributed by atoms with E-state index in [1.54, 1.807) is 12.4 Å². The van der Waals surface area contributed by atoms with Crippen LogP contribution in [0.1, 0.15) is 29.8 Å². The lowest BCUT2D eigenvalue weighted by Crippen LogP contribution is -2.41. The number of nitrogens with zero attached hydrogens (tertiary/aromatic N) is 2. The summed E-state index contributed by atoms with van der Waals surface area (Å²) in [7, 11) is -3.57. The van der Waals surface area contributed by atoms with Crippen LogP contribution >= 0.6 is 0 Å². The molecule has 1 aromatic heterocycles. The quantitative estimate of drug-likeness (QED) is 0.842. The number of rotatable bonds is 5. The zero-order valence-corrected chi connectivity index (χ0v) is 16.2. The molecule has 2 aromatic rings. The Kier molecular flexibility index (Phi) is 5.59. The average molecular weight is 389 g/mol. The van der Waals surface area contributed by atoms with E-state index < -0.39 is 15.6 Å². The van der Waals surface area contributed by atoms with Crippen molar-refractivity contribution in [3.05, 3.63) is 59.9 Å². The third kappa shape index (κ3) is 4.35. The van der Waals surface area contributed by atoms with Gasteiger partial charge in [0, 0.05) is 31.0 Å². The van der Waals surface area contributed by atoms with Crippen molar-refractivity contribution in [1.82, 2.24) is 14.6 Å². The van der Waals surface area contributed by atoms with Crippen molar-refractivity contribution in [2.24, 2.45) is 0 Å². The minimum Gasteiger partial charge on any atom is -0.379 e. The summed E-state index contributed by atoms with van der Waals surface area (Å²) >= 11 is 0. The molecule has 0 bridgehead atoms. The Morgan fingerprint density at radius 2 is 1.67 bits per heavy atom. The summed E-state index contributed by atoms with van der Waals surface area (Å²) in [6.07, 6.45) is 3.35. The maximum absolute atomic E-state index is 12.6. The first-order valence-electron chi connectivity index (χ1n) is 8.72. The van der Waals surface area contributed by atoms with Crippen LogP contribution in [0.5, 0.6) is 0 Å². The van der Waals surface area contributed by atoms with Gasteiger partial charge in [0.15, 0.2) is 0 Å². The van der Waals surface area contributed by atoms with Crippen LogP contribution in [0, 0.1) is 0 Å². The maximum Gasteiger partial charge on any atom is 0.251 e. The van der Waals surface area contributed by atoms with Crippen molar-refractivity contribution in [3.8, 4) is 0 Å². The van der Waals surface area contributed by atoms with E-state index in [2.05, 4.69) is 10.3 Å². The van der Waals surface area contributed by atoms with Crippen molar-refractivity contribution < 1.29 is 17.9 Å². The fraction of sp³-hybridized carbons (Fsp3) is 0.368. The summed E-state index contributed by atoms with van der Waals surface area (Å²) in [5.74, 6) is -0.271. The van der Waals surface area contributed by atoms with Gasteiger partial charge in [-0.3, -0.25) is 9.78 Å². The molecule has 7 nitrogen and oxygen atoms in total. The Labute approximate surface area is 159 Å². The summed E-state index contributed by atoms with van der Waals surface area (Å²) in [6, 6.07) is 9.70. The van der Waals surface area contributed by atoms with E-state index in [0.717, 1.165) is 5.56 Å². The molecular weight excluding hydrogens is 366 g/mol. The van der Waals surface area contributed by atoms with Gasteiger partial charge >= 0.3 is 0 Å². The van der Waals surface area contributed by atoms with E-state index in [1.165, 1.54) is 28.6 Å². The number of ether oxygens (including phenoxy) is 1. The number of aromatic nitrogens is 1. The Morgan fingerprint density at radius 1 is 1.07 bits per heavy atom. The first kappa shape index (κ1) is 19.5. The molecular formula is C19H23N3O4S. The van der Waals surface area contributed by atoms with Gasteiger partial charge in [0.2, 0.25) is 10.0 Å². The van der Waals surface area contributed by atoms with E-state index >= 15 is 0 Å². The van der Waals surface area contributed by atoms with E-state index in [0.29, 0.717) is 31.9 Å². The van der Waals surface area contributed by atoms with Gasteiger partial charge in [-0.2, -0.15) is 4.31 Å². The van der Waals surface area contributed by atoms with Gasteiger partial charge in [0.1, 0.15) is 0 Å². The monoisotopic (exact) mass is 389 g/mol. The van der Waals surface area contributed by atoms with Crippen LogP contribution in [0.4, 0.5) is 0 Å². The van der Waals surface area contributed by atoms with Crippen LogP contribution < -0.4 is 5.32 Å². The number of pyridine rings is 1. The summed E-state index contributed by atoms with van der Waals surface area (Å²) < 4.78 is 31.9. The lowest BCUT2D eigenvalue weighted by molar-refractivity contribution is 0.0730. The van der Waals surface area contributed by atoms with E-state index in [4.69, 9.17) is 4.74 Å². The lowest BCUT2D eigenvalue weighted by Gasteiger charge is -2.27. The average Bonchev–Trinajstić information content (AvgIpc) is 2.69. The second kappa shape index (κ2) is 7.75. The molecule has 1 aromatic carbocycles. The van der Waals surface area contributed by atoms with Crippen molar-refractivity contribution in [3.63, 3.8) is 0 Å². The van der Waals surface area contributed by atoms with E-state index in [1.807, 2.05) is 26.0 Å². The highest BCUT2D eigenvalue weighted by atomic mass is 32.2. The summed E-state index contributed by atoms with van der Waals surface area (Å²) in [4.78, 5) is 16.8. The molecule has 3 rings (SSSR count). The molecule has 1 aliphatic heterocycles. The SMILES string of the molecule is CC(C)(NC(=O)c1ccc(S(=O)(=O)N2CCOCC2)cc1)c1ccncc1. The number of amides is 1. The molecule has 1 N–H and O–H groups in total. The van der Waals surface area contributed by atoms with Crippen LogP contribution in [0.25, 0.3) is 0 Å².